The maximum Gasteiger partial charge on any atom is 0.217 e. The highest BCUT2D eigenvalue weighted by atomic mass is 16.1. The van der Waals surface area contributed by atoms with Gasteiger partial charge >= 0.3 is 0 Å². The van der Waals surface area contributed by atoms with Gasteiger partial charge in [0.2, 0.25) is 5.91 Å². The number of hydrogen-bond acceptors (Lipinski definition) is 3. The van der Waals surface area contributed by atoms with Gasteiger partial charge < -0.3 is 5.32 Å². The predicted octanol–water partition coefficient (Wildman–Crippen LogP) is 2.44. The molecule has 0 aromatic heterocycles. The molecular weight excluding hydrogens is 266 g/mol. The Morgan fingerprint density at radius 1 is 1.00 bits per heavy atom. The van der Waals surface area contributed by atoms with Gasteiger partial charge in [0.15, 0.2) is 11.6 Å². The van der Waals surface area contributed by atoms with Crippen LogP contribution in [0.4, 0.5) is 0 Å². The number of fused-ring (bicyclic) bond motifs is 1. The van der Waals surface area contributed by atoms with Crippen molar-refractivity contribution in [2.24, 2.45) is 0 Å². The third kappa shape index (κ3) is 2.42. The molecule has 0 fully saturated rings. The number of Topliss-reactive ketones (excluding diaryl/α,β-unsaturated/α-hetero) is 2. The van der Waals surface area contributed by atoms with Gasteiger partial charge in [-0.3, -0.25) is 14.4 Å². The Morgan fingerprint density at radius 2 is 1.48 bits per heavy atom. The highest BCUT2D eigenvalue weighted by Crippen LogP contribution is 2.34. The maximum atomic E-state index is 12.6. The first-order valence-corrected chi connectivity index (χ1v) is 7.25. The van der Waals surface area contributed by atoms with E-state index in [0.717, 1.165) is 0 Å². The number of carbonyl (C=O) groups excluding carboxylic acids is 3. The summed E-state index contributed by atoms with van der Waals surface area (Å²) in [6, 6.07) is 7.04. The Bertz CT molecular complexity index is 623. The lowest BCUT2D eigenvalue weighted by Crippen LogP contribution is -2.32. The topological polar surface area (TPSA) is 63.2 Å². The quantitative estimate of drug-likeness (QED) is 0.861. The highest BCUT2D eigenvalue weighted by Gasteiger charge is 2.33. The van der Waals surface area contributed by atoms with Crippen LogP contribution in [-0.2, 0) is 4.79 Å². The van der Waals surface area contributed by atoms with Crippen LogP contribution in [0.15, 0.2) is 35.4 Å². The van der Waals surface area contributed by atoms with Crippen molar-refractivity contribution in [2.75, 3.05) is 0 Å². The van der Waals surface area contributed by atoms with E-state index in [2.05, 4.69) is 5.32 Å². The smallest absolute Gasteiger partial charge is 0.217 e. The molecule has 0 atom stereocenters. The summed E-state index contributed by atoms with van der Waals surface area (Å²) in [5.74, 6) is -0.117. The molecule has 3 rings (SSSR count). The summed E-state index contributed by atoms with van der Waals surface area (Å²) < 4.78 is 0. The molecule has 0 heterocycles. The van der Waals surface area contributed by atoms with E-state index in [4.69, 9.17) is 0 Å². The summed E-state index contributed by atoms with van der Waals surface area (Å²) >= 11 is 0. The van der Waals surface area contributed by atoms with Gasteiger partial charge in [0.1, 0.15) is 0 Å². The van der Waals surface area contributed by atoms with Gasteiger partial charge in [-0.2, -0.15) is 0 Å². The molecule has 0 saturated carbocycles. The Hall–Kier alpha value is -2.23. The number of carbonyl (C=O) groups is 3. The van der Waals surface area contributed by atoms with Crippen molar-refractivity contribution in [3.63, 3.8) is 0 Å². The Kier molecular flexibility index (Phi) is 3.45. The second kappa shape index (κ2) is 5.28. The Labute approximate surface area is 123 Å². The van der Waals surface area contributed by atoms with Crippen molar-refractivity contribution in [3.05, 3.63) is 46.5 Å². The van der Waals surface area contributed by atoms with E-state index in [-0.39, 0.29) is 23.5 Å². The maximum absolute atomic E-state index is 12.6. The molecule has 108 valence electrons. The fourth-order valence-corrected chi connectivity index (χ4v) is 3.22. The zero-order valence-electron chi connectivity index (χ0n) is 11.9. The molecule has 0 bridgehead atoms. The van der Waals surface area contributed by atoms with Crippen LogP contribution in [0.3, 0.4) is 0 Å². The molecule has 4 nitrogen and oxygen atoms in total. The largest absolute Gasteiger partial charge is 0.354 e. The minimum atomic E-state index is -0.0687. The Morgan fingerprint density at radius 3 is 1.90 bits per heavy atom. The van der Waals surface area contributed by atoms with Crippen LogP contribution in [-0.4, -0.2) is 23.5 Å². The molecule has 1 N–H and O–H groups in total. The number of nitrogens with one attached hydrogen (secondary N) is 1. The lowest BCUT2D eigenvalue weighted by molar-refractivity contribution is -0.119. The first kappa shape index (κ1) is 13.7. The summed E-state index contributed by atoms with van der Waals surface area (Å²) in [6.07, 6.45) is 2.53. The predicted molar refractivity (Wildman–Crippen MR) is 78.2 cm³/mol. The molecule has 21 heavy (non-hydrogen) atoms. The van der Waals surface area contributed by atoms with Gasteiger partial charge in [0.05, 0.1) is 0 Å². The zero-order valence-corrected chi connectivity index (χ0v) is 11.9. The molecule has 1 aromatic rings. The molecule has 0 radical (unpaired) electrons. The third-order valence-corrected chi connectivity index (χ3v) is 4.22. The average molecular weight is 283 g/mol. The average Bonchev–Trinajstić information content (AvgIpc) is 2.67. The van der Waals surface area contributed by atoms with Gasteiger partial charge in [0, 0.05) is 35.2 Å². The fourth-order valence-electron chi connectivity index (χ4n) is 3.22. The molecule has 1 amide bonds. The van der Waals surface area contributed by atoms with Crippen LogP contribution in [0, 0.1) is 0 Å². The van der Waals surface area contributed by atoms with E-state index in [0.29, 0.717) is 48.0 Å². The van der Waals surface area contributed by atoms with E-state index < -0.39 is 0 Å². The molecule has 0 unspecified atom stereocenters. The molecular formula is C17H17NO3. The van der Waals surface area contributed by atoms with Crippen LogP contribution in [0.25, 0.3) is 0 Å². The van der Waals surface area contributed by atoms with Crippen molar-refractivity contribution < 1.29 is 14.4 Å². The van der Waals surface area contributed by atoms with Crippen molar-refractivity contribution in [3.8, 4) is 0 Å². The van der Waals surface area contributed by atoms with Crippen LogP contribution in [0.2, 0.25) is 0 Å². The number of benzene rings is 1. The number of amides is 1. The zero-order chi connectivity index (χ0) is 15.0. The molecule has 0 aliphatic heterocycles. The molecule has 0 spiro atoms. The van der Waals surface area contributed by atoms with Crippen LogP contribution in [0.5, 0.6) is 0 Å². The number of hydrogen-bond donors (Lipinski definition) is 1. The van der Waals surface area contributed by atoms with E-state index >= 15 is 0 Å². The molecule has 2 aliphatic rings. The Balaban J connectivity index is 1.92. The first-order chi connectivity index (χ1) is 10.1. The summed E-state index contributed by atoms with van der Waals surface area (Å²) in [5, 5.41) is 2.89. The summed E-state index contributed by atoms with van der Waals surface area (Å²) in [7, 11) is 0. The molecule has 1 aromatic carbocycles. The molecule has 4 heteroatoms. The van der Waals surface area contributed by atoms with Gasteiger partial charge in [-0.1, -0.05) is 24.3 Å². The van der Waals surface area contributed by atoms with Gasteiger partial charge in [-0.25, -0.2) is 0 Å². The fraction of sp³-hybridized carbons (Fsp3) is 0.353. The van der Waals surface area contributed by atoms with Gasteiger partial charge in [-0.05, 0) is 25.7 Å². The summed E-state index contributed by atoms with van der Waals surface area (Å²) in [5.41, 5.74) is 2.32. The van der Waals surface area contributed by atoms with Crippen molar-refractivity contribution in [1.82, 2.24) is 5.32 Å². The van der Waals surface area contributed by atoms with E-state index in [9.17, 15) is 14.4 Å². The van der Waals surface area contributed by atoms with Crippen LogP contribution >= 0.6 is 0 Å². The first-order valence-electron chi connectivity index (χ1n) is 7.25. The lowest BCUT2D eigenvalue weighted by atomic mass is 9.82. The summed E-state index contributed by atoms with van der Waals surface area (Å²) in [6.45, 7) is 1.49. The normalized spacial score (nSPS) is 18.9. The van der Waals surface area contributed by atoms with Gasteiger partial charge in [0.25, 0.3) is 0 Å². The summed E-state index contributed by atoms with van der Waals surface area (Å²) in [4.78, 5) is 36.3. The SMILES string of the molecule is CC(=O)NC1CCC2=C(CC1)C(=O)c1ccccc1C2=O. The number of allylic oxidation sites excluding steroid dienone is 2. The lowest BCUT2D eigenvalue weighted by Gasteiger charge is -2.19. The van der Waals surface area contributed by atoms with E-state index in [1.807, 2.05) is 0 Å². The molecule has 0 saturated heterocycles. The van der Waals surface area contributed by atoms with Crippen molar-refractivity contribution in [2.45, 2.75) is 38.6 Å². The van der Waals surface area contributed by atoms with E-state index in [1.165, 1.54) is 6.92 Å². The standard InChI is InChI=1S/C17H17NO3/c1-10(19)18-11-6-8-14-15(9-7-11)17(21)13-5-3-2-4-12(13)16(14)20/h2-5,11H,6-9H2,1H3,(H,18,19). The van der Waals surface area contributed by atoms with Gasteiger partial charge in [-0.15, -0.1) is 0 Å². The minimum Gasteiger partial charge on any atom is -0.354 e. The third-order valence-electron chi connectivity index (χ3n) is 4.22. The number of ketones is 2. The second-order valence-electron chi connectivity index (χ2n) is 5.64. The van der Waals surface area contributed by atoms with Crippen LogP contribution < -0.4 is 5.32 Å². The molecule has 2 aliphatic carbocycles. The van der Waals surface area contributed by atoms with Crippen molar-refractivity contribution >= 4 is 17.5 Å². The van der Waals surface area contributed by atoms with Crippen LogP contribution in [0.1, 0.15) is 53.3 Å². The second-order valence-corrected chi connectivity index (χ2v) is 5.64. The highest BCUT2D eigenvalue weighted by molar-refractivity contribution is 6.26. The number of rotatable bonds is 1. The monoisotopic (exact) mass is 283 g/mol. The minimum absolute atomic E-state index is 0.0244. The van der Waals surface area contributed by atoms with Crippen molar-refractivity contribution in [1.29, 1.82) is 0 Å². The van der Waals surface area contributed by atoms with E-state index in [1.54, 1.807) is 24.3 Å².